The number of hydrogen-bond donors (Lipinski definition) is 0. The van der Waals surface area contributed by atoms with Gasteiger partial charge in [-0.1, -0.05) is 53.8 Å². The van der Waals surface area contributed by atoms with Gasteiger partial charge in [0, 0.05) is 5.56 Å². The molecule has 2 heterocycles. The number of thiazole rings is 1. The van der Waals surface area contributed by atoms with Crippen LogP contribution in [0.4, 0.5) is 9.52 Å². The van der Waals surface area contributed by atoms with Gasteiger partial charge in [-0.25, -0.2) is 9.37 Å². The summed E-state index contributed by atoms with van der Waals surface area (Å²) < 4.78 is 20.4. The molecule has 142 valence electrons. The number of amides is 1. The van der Waals surface area contributed by atoms with Crippen molar-refractivity contribution < 1.29 is 13.6 Å². The molecule has 0 saturated heterocycles. The van der Waals surface area contributed by atoms with E-state index in [1.807, 2.05) is 36.4 Å². The number of aromatic nitrogens is 1. The Labute approximate surface area is 169 Å². The Hall–Kier alpha value is -3.51. The Balaban J connectivity index is 1.65. The van der Waals surface area contributed by atoms with E-state index in [2.05, 4.69) is 4.98 Å². The molecule has 29 heavy (non-hydrogen) atoms. The second-order valence-electron chi connectivity index (χ2n) is 6.58. The van der Waals surface area contributed by atoms with Gasteiger partial charge in [0.1, 0.15) is 17.1 Å². The van der Waals surface area contributed by atoms with Crippen molar-refractivity contribution in [3.8, 4) is 0 Å². The molecule has 0 bridgehead atoms. The topological polar surface area (TPSA) is 46.3 Å². The number of carbonyl (C=O) groups excluding carboxylic acids is 1. The fraction of sp³-hybridized carbons (Fsp3) is 0.0435. The van der Waals surface area contributed by atoms with Crippen molar-refractivity contribution in [1.29, 1.82) is 0 Å². The van der Waals surface area contributed by atoms with Crippen molar-refractivity contribution in [2.75, 3.05) is 4.90 Å². The minimum absolute atomic E-state index is 0.205. The molecule has 4 nitrogen and oxygen atoms in total. The Morgan fingerprint density at radius 3 is 2.66 bits per heavy atom. The van der Waals surface area contributed by atoms with E-state index in [0.29, 0.717) is 21.2 Å². The zero-order valence-corrected chi connectivity index (χ0v) is 16.0. The van der Waals surface area contributed by atoms with E-state index in [-0.39, 0.29) is 18.0 Å². The largest absolute Gasteiger partial charge is 0.467 e. The van der Waals surface area contributed by atoms with E-state index >= 15 is 0 Å². The predicted octanol–water partition coefficient (Wildman–Crippen LogP) is 6.03. The van der Waals surface area contributed by atoms with Gasteiger partial charge in [0.25, 0.3) is 5.91 Å². The number of para-hydroxylation sites is 1. The number of nitrogens with zero attached hydrogens (tertiary/aromatic N) is 2. The summed E-state index contributed by atoms with van der Waals surface area (Å²) in [5, 5.41) is 2.27. The van der Waals surface area contributed by atoms with Crippen LogP contribution in [0.2, 0.25) is 0 Å². The van der Waals surface area contributed by atoms with Crippen LogP contribution >= 0.6 is 11.3 Å². The molecule has 5 aromatic rings. The summed E-state index contributed by atoms with van der Waals surface area (Å²) in [5.74, 6) is 0.0107. The molecule has 0 atom stereocenters. The van der Waals surface area contributed by atoms with E-state index in [9.17, 15) is 9.18 Å². The lowest BCUT2D eigenvalue weighted by molar-refractivity contribution is 0.0985. The lowest BCUT2D eigenvalue weighted by Gasteiger charge is -2.19. The number of halogens is 1. The number of rotatable bonds is 4. The van der Waals surface area contributed by atoms with Gasteiger partial charge in [-0.3, -0.25) is 9.69 Å². The van der Waals surface area contributed by atoms with Gasteiger partial charge in [-0.2, -0.15) is 0 Å². The average molecular weight is 402 g/mol. The third kappa shape index (κ3) is 3.17. The van der Waals surface area contributed by atoms with Crippen molar-refractivity contribution in [2.45, 2.75) is 6.54 Å². The fourth-order valence-corrected chi connectivity index (χ4v) is 4.34. The maximum absolute atomic E-state index is 14.2. The van der Waals surface area contributed by atoms with Crippen LogP contribution in [0.25, 0.3) is 21.0 Å². The van der Waals surface area contributed by atoms with Crippen molar-refractivity contribution in [1.82, 2.24) is 4.98 Å². The summed E-state index contributed by atoms with van der Waals surface area (Å²) in [6.45, 7) is 0.205. The third-order valence-corrected chi connectivity index (χ3v) is 5.79. The maximum atomic E-state index is 14.2. The monoisotopic (exact) mass is 402 g/mol. The van der Waals surface area contributed by atoms with Gasteiger partial charge in [0.05, 0.1) is 17.5 Å². The first-order chi connectivity index (χ1) is 14.2. The van der Waals surface area contributed by atoms with Crippen molar-refractivity contribution in [3.05, 3.63) is 96.2 Å². The molecule has 0 aliphatic carbocycles. The van der Waals surface area contributed by atoms with E-state index in [4.69, 9.17) is 4.42 Å². The molecule has 2 aromatic heterocycles. The highest BCUT2D eigenvalue weighted by atomic mass is 32.1. The lowest BCUT2D eigenvalue weighted by atomic mass is 10.0. The maximum Gasteiger partial charge on any atom is 0.261 e. The van der Waals surface area contributed by atoms with E-state index in [1.54, 1.807) is 41.5 Å². The van der Waals surface area contributed by atoms with Gasteiger partial charge in [0.2, 0.25) is 0 Å². The molecule has 0 radical (unpaired) electrons. The first kappa shape index (κ1) is 17.6. The molecular formula is C23H15FN2O2S. The van der Waals surface area contributed by atoms with Crippen LogP contribution in [-0.4, -0.2) is 10.9 Å². The Bertz CT molecular complexity index is 1320. The Morgan fingerprint density at radius 2 is 1.83 bits per heavy atom. The molecular weight excluding hydrogens is 387 g/mol. The van der Waals surface area contributed by atoms with Gasteiger partial charge in [-0.05, 0) is 41.1 Å². The highest BCUT2D eigenvalue weighted by Gasteiger charge is 2.24. The lowest BCUT2D eigenvalue weighted by Crippen LogP contribution is -2.30. The molecule has 1 amide bonds. The first-order valence-electron chi connectivity index (χ1n) is 9.08. The highest BCUT2D eigenvalue weighted by Crippen LogP contribution is 2.33. The SMILES string of the molecule is O=C(c1cccc2ccccc12)N(Cc1ccco1)c1nc2c(F)cccc2s1. The van der Waals surface area contributed by atoms with Crippen molar-refractivity contribution in [2.24, 2.45) is 0 Å². The summed E-state index contributed by atoms with van der Waals surface area (Å²) in [6.07, 6.45) is 1.56. The van der Waals surface area contributed by atoms with Gasteiger partial charge >= 0.3 is 0 Å². The number of hydrogen-bond acceptors (Lipinski definition) is 4. The molecule has 3 aromatic carbocycles. The van der Waals surface area contributed by atoms with Crippen LogP contribution in [0, 0.1) is 5.82 Å². The van der Waals surface area contributed by atoms with Gasteiger partial charge < -0.3 is 4.42 Å². The minimum Gasteiger partial charge on any atom is -0.467 e. The molecule has 0 aliphatic heterocycles. The average Bonchev–Trinajstić information content (AvgIpc) is 3.41. The van der Waals surface area contributed by atoms with Crippen LogP contribution < -0.4 is 4.90 Å². The number of carbonyl (C=O) groups is 1. The van der Waals surface area contributed by atoms with Crippen LogP contribution in [0.1, 0.15) is 16.1 Å². The molecule has 0 aliphatic rings. The molecule has 0 spiro atoms. The minimum atomic E-state index is -0.402. The van der Waals surface area contributed by atoms with Gasteiger partial charge in [0.15, 0.2) is 5.13 Å². The molecule has 0 fully saturated rings. The van der Waals surface area contributed by atoms with E-state index < -0.39 is 5.82 Å². The number of furan rings is 1. The number of fused-ring (bicyclic) bond motifs is 2. The van der Waals surface area contributed by atoms with Crippen LogP contribution in [0.15, 0.2) is 83.5 Å². The predicted molar refractivity (Wildman–Crippen MR) is 113 cm³/mol. The zero-order chi connectivity index (χ0) is 19.8. The Kier molecular flexibility index (Phi) is 4.33. The number of benzene rings is 3. The van der Waals surface area contributed by atoms with Crippen LogP contribution in [-0.2, 0) is 6.54 Å². The molecule has 5 rings (SSSR count). The third-order valence-electron chi connectivity index (χ3n) is 4.75. The van der Waals surface area contributed by atoms with Crippen molar-refractivity contribution >= 4 is 43.4 Å². The second-order valence-corrected chi connectivity index (χ2v) is 7.59. The van der Waals surface area contributed by atoms with E-state index in [1.165, 1.54) is 17.4 Å². The molecule has 0 N–H and O–H groups in total. The smallest absolute Gasteiger partial charge is 0.261 e. The zero-order valence-electron chi connectivity index (χ0n) is 15.2. The summed E-state index contributed by atoms with van der Waals surface area (Å²) in [6, 6.07) is 21.7. The Morgan fingerprint density at radius 1 is 1.00 bits per heavy atom. The van der Waals surface area contributed by atoms with Crippen LogP contribution in [0.5, 0.6) is 0 Å². The molecule has 0 saturated carbocycles. The van der Waals surface area contributed by atoms with Gasteiger partial charge in [-0.15, -0.1) is 0 Å². The summed E-state index contributed by atoms with van der Waals surface area (Å²) in [4.78, 5) is 19.6. The highest BCUT2D eigenvalue weighted by molar-refractivity contribution is 7.22. The fourth-order valence-electron chi connectivity index (χ4n) is 3.36. The second kappa shape index (κ2) is 7.14. The normalized spacial score (nSPS) is 11.2. The molecule has 6 heteroatoms. The standard InChI is InChI=1S/C23H15FN2O2S/c24-19-11-4-12-20-21(19)25-23(29-20)26(14-16-8-5-13-28-16)22(27)18-10-3-7-15-6-1-2-9-17(15)18/h1-13H,14H2. The number of anilines is 1. The van der Waals surface area contributed by atoms with Crippen molar-refractivity contribution in [3.63, 3.8) is 0 Å². The first-order valence-corrected chi connectivity index (χ1v) is 9.89. The quantitative estimate of drug-likeness (QED) is 0.369. The van der Waals surface area contributed by atoms with E-state index in [0.717, 1.165) is 10.8 Å². The summed E-state index contributed by atoms with van der Waals surface area (Å²) in [7, 11) is 0. The molecule has 0 unspecified atom stereocenters. The summed E-state index contributed by atoms with van der Waals surface area (Å²) in [5.41, 5.74) is 0.831. The van der Waals surface area contributed by atoms with Crippen LogP contribution in [0.3, 0.4) is 0 Å². The summed E-state index contributed by atoms with van der Waals surface area (Å²) >= 11 is 1.28.